The maximum atomic E-state index is 0. The Morgan fingerprint density at radius 3 is 0.750 bits per heavy atom. The van der Waals surface area contributed by atoms with Crippen molar-refractivity contribution in [3.05, 3.63) is 7.43 Å². The van der Waals surface area contributed by atoms with Gasteiger partial charge in [-0.15, -0.1) is 0 Å². The summed E-state index contributed by atoms with van der Waals surface area (Å²) in [6.07, 6.45) is 0. The number of hydrogen-bond donors (Lipinski definition) is 0. The van der Waals surface area contributed by atoms with Crippen LogP contribution in [0.25, 0.3) is 0 Å². The molecule has 0 spiro atoms. The minimum absolute atomic E-state index is 0. The molecule has 0 unspecified atom stereocenters. The first kappa shape index (κ1) is 26.7. The van der Waals surface area contributed by atoms with Crippen molar-refractivity contribution in [1.82, 2.24) is 0 Å². The molecule has 0 N–H and O–H groups in total. The standard InChI is InChI=1S/CH4.CH3.2K/h1H4;1H3;;/q;-1;2*+1. The van der Waals surface area contributed by atoms with Gasteiger partial charge in [0.2, 0.25) is 0 Å². The predicted octanol–water partition coefficient (Wildman–Crippen LogP) is -4.91. The van der Waals surface area contributed by atoms with Crippen LogP contribution in [0.2, 0.25) is 0 Å². The van der Waals surface area contributed by atoms with Crippen molar-refractivity contribution in [2.75, 3.05) is 0 Å². The van der Waals surface area contributed by atoms with Gasteiger partial charge in [-0.3, -0.25) is 0 Å². The van der Waals surface area contributed by atoms with Gasteiger partial charge in [0.05, 0.1) is 0 Å². The molecule has 0 aromatic heterocycles. The summed E-state index contributed by atoms with van der Waals surface area (Å²) in [5, 5.41) is 0. The van der Waals surface area contributed by atoms with Crippen molar-refractivity contribution >= 4 is 0 Å². The molecule has 0 heterocycles. The Balaban J connectivity index is 0. The van der Waals surface area contributed by atoms with E-state index in [-0.39, 0.29) is 118 Å². The monoisotopic (exact) mass is 109 g/mol. The van der Waals surface area contributed by atoms with Gasteiger partial charge in [0.25, 0.3) is 0 Å². The molecule has 0 aromatic carbocycles. The molecule has 0 nitrogen and oxygen atoms in total. The molecule has 0 saturated carbocycles. The SMILES string of the molecule is C.[CH3-].[K+].[K+]. The normalized spacial score (nSPS) is 0. The van der Waals surface area contributed by atoms with Gasteiger partial charge in [-0.25, -0.2) is 0 Å². The third-order valence-electron chi connectivity index (χ3n) is 0. The van der Waals surface area contributed by atoms with Gasteiger partial charge in [-0.2, -0.15) is 0 Å². The van der Waals surface area contributed by atoms with Crippen LogP contribution < -0.4 is 103 Å². The van der Waals surface area contributed by atoms with Crippen LogP contribution in [0.1, 0.15) is 7.43 Å². The van der Waals surface area contributed by atoms with E-state index in [0.717, 1.165) is 0 Å². The van der Waals surface area contributed by atoms with Crippen LogP contribution in [-0.2, 0) is 0 Å². The smallest absolute Gasteiger partial charge is 0.358 e. The van der Waals surface area contributed by atoms with Crippen molar-refractivity contribution in [2.45, 2.75) is 7.43 Å². The van der Waals surface area contributed by atoms with Crippen LogP contribution in [0.5, 0.6) is 0 Å². The summed E-state index contributed by atoms with van der Waals surface area (Å²) in [6.45, 7) is 0. The summed E-state index contributed by atoms with van der Waals surface area (Å²) in [7, 11) is 0. The summed E-state index contributed by atoms with van der Waals surface area (Å²) < 4.78 is 0. The predicted molar refractivity (Wildman–Crippen MR) is 13.1 cm³/mol. The molecule has 0 bridgehead atoms. The van der Waals surface area contributed by atoms with Crippen molar-refractivity contribution in [3.8, 4) is 0 Å². The summed E-state index contributed by atoms with van der Waals surface area (Å²) >= 11 is 0. The van der Waals surface area contributed by atoms with Crippen LogP contribution in [0, 0.1) is 7.43 Å². The van der Waals surface area contributed by atoms with E-state index >= 15 is 0 Å². The topological polar surface area (TPSA) is 0 Å². The van der Waals surface area contributed by atoms with Crippen molar-refractivity contribution in [1.29, 1.82) is 0 Å². The summed E-state index contributed by atoms with van der Waals surface area (Å²) in [5.74, 6) is 0. The van der Waals surface area contributed by atoms with Gasteiger partial charge in [-0.1, -0.05) is 7.43 Å². The fourth-order valence-corrected chi connectivity index (χ4v) is 0. The first-order valence-electron chi connectivity index (χ1n) is 0. The van der Waals surface area contributed by atoms with E-state index in [1.165, 1.54) is 0 Å². The van der Waals surface area contributed by atoms with Crippen LogP contribution >= 0.6 is 0 Å². The van der Waals surface area contributed by atoms with E-state index in [0.29, 0.717) is 0 Å². The van der Waals surface area contributed by atoms with Crippen molar-refractivity contribution in [3.63, 3.8) is 0 Å². The third-order valence-corrected chi connectivity index (χ3v) is 0. The zero-order valence-corrected chi connectivity index (χ0v) is 9.25. The van der Waals surface area contributed by atoms with Crippen LogP contribution in [0.15, 0.2) is 0 Å². The molecule has 0 aliphatic heterocycles. The maximum absolute atomic E-state index is 0. The zero-order chi connectivity index (χ0) is 0. The molecule has 0 fully saturated rings. The van der Waals surface area contributed by atoms with Gasteiger partial charge in [0, 0.05) is 0 Å². The van der Waals surface area contributed by atoms with Crippen LogP contribution in [0.4, 0.5) is 0 Å². The molecule has 0 aromatic rings. The van der Waals surface area contributed by atoms with Gasteiger partial charge in [0.1, 0.15) is 0 Å². The zero-order valence-electron chi connectivity index (χ0n) is 3.00. The second kappa shape index (κ2) is 16.3. The molecule has 4 heavy (non-hydrogen) atoms. The Bertz CT molecular complexity index is 4.00. The van der Waals surface area contributed by atoms with Crippen molar-refractivity contribution < 1.29 is 103 Å². The van der Waals surface area contributed by atoms with E-state index in [1.807, 2.05) is 0 Å². The quantitative estimate of drug-likeness (QED) is 0.216. The number of hydrogen-bond acceptors (Lipinski definition) is 0. The van der Waals surface area contributed by atoms with Crippen molar-refractivity contribution in [2.24, 2.45) is 0 Å². The molecule has 0 radical (unpaired) electrons. The second-order valence-electron chi connectivity index (χ2n) is 0. The average molecular weight is 109 g/mol. The van der Waals surface area contributed by atoms with E-state index in [1.54, 1.807) is 0 Å². The molecular formula is C2H7K2+. The molecule has 16 valence electrons. The van der Waals surface area contributed by atoms with E-state index in [9.17, 15) is 0 Å². The molecule has 0 atom stereocenters. The Morgan fingerprint density at radius 1 is 0.750 bits per heavy atom. The molecule has 0 rings (SSSR count). The van der Waals surface area contributed by atoms with E-state index in [2.05, 4.69) is 0 Å². The largest absolute Gasteiger partial charge is 1.00 e. The Labute approximate surface area is 114 Å². The summed E-state index contributed by atoms with van der Waals surface area (Å²) in [4.78, 5) is 0. The van der Waals surface area contributed by atoms with Gasteiger partial charge < -0.3 is 7.43 Å². The number of rotatable bonds is 0. The van der Waals surface area contributed by atoms with E-state index < -0.39 is 0 Å². The fourth-order valence-electron chi connectivity index (χ4n) is 0. The van der Waals surface area contributed by atoms with E-state index in [4.69, 9.17) is 0 Å². The third kappa shape index (κ3) is 8.99. The molecular weight excluding hydrogens is 102 g/mol. The minimum Gasteiger partial charge on any atom is -0.358 e. The molecule has 2 heteroatoms. The van der Waals surface area contributed by atoms with Crippen LogP contribution in [0.3, 0.4) is 0 Å². The summed E-state index contributed by atoms with van der Waals surface area (Å²) in [6, 6.07) is 0. The molecule has 0 aliphatic carbocycles. The molecule has 0 aliphatic rings. The Kier molecular flexibility index (Phi) is 109. The molecule has 0 amide bonds. The minimum atomic E-state index is 0. The van der Waals surface area contributed by atoms with Crippen LogP contribution in [-0.4, -0.2) is 0 Å². The maximum Gasteiger partial charge on any atom is 1.00 e. The summed E-state index contributed by atoms with van der Waals surface area (Å²) in [5.41, 5.74) is 0. The van der Waals surface area contributed by atoms with Gasteiger partial charge >= 0.3 is 103 Å². The average Bonchev–Trinajstić information content (AvgIpc) is 0. The van der Waals surface area contributed by atoms with Gasteiger partial charge in [0.15, 0.2) is 0 Å². The first-order chi connectivity index (χ1) is 0. The molecule has 0 saturated heterocycles. The fraction of sp³-hybridized carbons (Fsp3) is 0.500. The Morgan fingerprint density at radius 2 is 0.750 bits per heavy atom. The second-order valence-corrected chi connectivity index (χ2v) is 0. The van der Waals surface area contributed by atoms with Gasteiger partial charge in [-0.05, 0) is 0 Å². The Hall–Kier alpha value is 3.27. The first-order valence-corrected chi connectivity index (χ1v) is 0.